The van der Waals surface area contributed by atoms with Crippen LogP contribution in [0.1, 0.15) is 32.8 Å². The zero-order valence-electron chi connectivity index (χ0n) is 13.4. The molecule has 0 heterocycles. The van der Waals surface area contributed by atoms with Crippen LogP contribution in [0.5, 0.6) is 0 Å². The number of aliphatic hydroxyl groups excluding tert-OH is 1. The zero-order chi connectivity index (χ0) is 16.9. The van der Waals surface area contributed by atoms with Crippen molar-refractivity contribution >= 4 is 17.5 Å². The van der Waals surface area contributed by atoms with E-state index in [0.29, 0.717) is 6.42 Å². The van der Waals surface area contributed by atoms with Crippen molar-refractivity contribution in [2.45, 2.75) is 40.2 Å². The fourth-order valence-electron chi connectivity index (χ4n) is 2.19. The lowest BCUT2D eigenvalue weighted by Crippen LogP contribution is -2.41. The highest BCUT2D eigenvalue weighted by Gasteiger charge is 2.23. The van der Waals surface area contributed by atoms with E-state index in [0.717, 1.165) is 0 Å². The lowest BCUT2D eigenvalue weighted by Gasteiger charge is -2.26. The SMILES string of the molecule is Cc1c(F)cccc1NC(=O)C(=O)NCC(C)(C)CC(C)O. The summed E-state index contributed by atoms with van der Waals surface area (Å²) in [6.45, 7) is 7.22. The fraction of sp³-hybridized carbons (Fsp3) is 0.500. The summed E-state index contributed by atoms with van der Waals surface area (Å²) < 4.78 is 13.4. The maximum Gasteiger partial charge on any atom is 0.313 e. The second-order valence-electron chi connectivity index (χ2n) is 6.27. The van der Waals surface area contributed by atoms with Crippen molar-refractivity contribution in [3.63, 3.8) is 0 Å². The number of benzene rings is 1. The highest BCUT2D eigenvalue weighted by molar-refractivity contribution is 6.39. The van der Waals surface area contributed by atoms with Crippen LogP contribution in [0.15, 0.2) is 18.2 Å². The van der Waals surface area contributed by atoms with E-state index >= 15 is 0 Å². The Morgan fingerprint density at radius 1 is 1.32 bits per heavy atom. The molecule has 122 valence electrons. The van der Waals surface area contributed by atoms with Crippen molar-refractivity contribution in [1.82, 2.24) is 5.32 Å². The van der Waals surface area contributed by atoms with E-state index in [1.54, 1.807) is 6.92 Å². The molecule has 6 heteroatoms. The molecule has 1 rings (SSSR count). The average Bonchev–Trinajstić information content (AvgIpc) is 2.40. The molecule has 0 saturated heterocycles. The van der Waals surface area contributed by atoms with Crippen LogP contribution in [-0.4, -0.2) is 29.6 Å². The van der Waals surface area contributed by atoms with Crippen molar-refractivity contribution in [3.8, 4) is 0 Å². The van der Waals surface area contributed by atoms with Crippen LogP contribution in [0.2, 0.25) is 0 Å². The number of rotatable bonds is 5. The van der Waals surface area contributed by atoms with Gasteiger partial charge in [-0.05, 0) is 37.8 Å². The predicted octanol–water partition coefficient (Wildman–Crippen LogP) is 1.99. The van der Waals surface area contributed by atoms with Gasteiger partial charge in [0.2, 0.25) is 0 Å². The Bertz CT molecular complexity index is 556. The average molecular weight is 310 g/mol. The molecule has 1 aromatic rings. The van der Waals surface area contributed by atoms with Gasteiger partial charge in [-0.25, -0.2) is 4.39 Å². The molecule has 22 heavy (non-hydrogen) atoms. The Kier molecular flexibility index (Phi) is 6.05. The van der Waals surface area contributed by atoms with E-state index < -0.39 is 23.7 Å². The highest BCUT2D eigenvalue weighted by atomic mass is 19.1. The number of aliphatic hydroxyl groups is 1. The summed E-state index contributed by atoms with van der Waals surface area (Å²) in [6.07, 6.45) is 0.00780. The number of nitrogens with one attached hydrogen (secondary N) is 2. The Labute approximate surface area is 129 Å². The molecule has 1 atom stereocenters. The van der Waals surface area contributed by atoms with Gasteiger partial charge in [0, 0.05) is 17.8 Å². The van der Waals surface area contributed by atoms with Gasteiger partial charge in [-0.3, -0.25) is 9.59 Å². The first-order valence-corrected chi connectivity index (χ1v) is 7.15. The van der Waals surface area contributed by atoms with E-state index in [-0.39, 0.29) is 23.2 Å². The third kappa shape index (κ3) is 5.44. The van der Waals surface area contributed by atoms with Crippen LogP contribution in [0.3, 0.4) is 0 Å². The fourth-order valence-corrected chi connectivity index (χ4v) is 2.19. The zero-order valence-corrected chi connectivity index (χ0v) is 13.4. The molecular weight excluding hydrogens is 287 g/mol. The van der Waals surface area contributed by atoms with Gasteiger partial charge >= 0.3 is 11.8 Å². The maximum atomic E-state index is 13.4. The molecule has 2 amide bonds. The van der Waals surface area contributed by atoms with Crippen LogP contribution in [-0.2, 0) is 9.59 Å². The Hall–Kier alpha value is -1.95. The number of anilines is 1. The summed E-state index contributed by atoms with van der Waals surface area (Å²) >= 11 is 0. The van der Waals surface area contributed by atoms with Crippen molar-refractivity contribution in [2.75, 3.05) is 11.9 Å². The van der Waals surface area contributed by atoms with E-state index in [1.165, 1.54) is 25.1 Å². The van der Waals surface area contributed by atoms with Crippen LogP contribution in [0, 0.1) is 18.2 Å². The molecule has 5 nitrogen and oxygen atoms in total. The van der Waals surface area contributed by atoms with Gasteiger partial charge < -0.3 is 15.7 Å². The Morgan fingerprint density at radius 3 is 2.55 bits per heavy atom. The molecule has 0 aromatic heterocycles. The molecule has 0 aliphatic carbocycles. The van der Waals surface area contributed by atoms with Gasteiger partial charge in [0.15, 0.2) is 0 Å². The summed E-state index contributed by atoms with van der Waals surface area (Å²) in [5, 5.41) is 14.3. The third-order valence-electron chi connectivity index (χ3n) is 3.30. The molecular formula is C16H23FN2O3. The van der Waals surface area contributed by atoms with Gasteiger partial charge in [-0.15, -0.1) is 0 Å². The molecule has 0 bridgehead atoms. The van der Waals surface area contributed by atoms with E-state index in [2.05, 4.69) is 10.6 Å². The molecule has 0 saturated carbocycles. The summed E-state index contributed by atoms with van der Waals surface area (Å²) in [6, 6.07) is 4.27. The van der Waals surface area contributed by atoms with Gasteiger partial charge in [0.1, 0.15) is 5.82 Å². The first kappa shape index (κ1) is 18.1. The minimum Gasteiger partial charge on any atom is -0.393 e. The smallest absolute Gasteiger partial charge is 0.313 e. The second kappa shape index (κ2) is 7.35. The Morgan fingerprint density at radius 2 is 1.95 bits per heavy atom. The van der Waals surface area contributed by atoms with E-state index in [4.69, 9.17) is 0 Å². The third-order valence-corrected chi connectivity index (χ3v) is 3.30. The largest absolute Gasteiger partial charge is 0.393 e. The van der Waals surface area contributed by atoms with Crippen LogP contribution < -0.4 is 10.6 Å². The first-order valence-electron chi connectivity index (χ1n) is 7.15. The topological polar surface area (TPSA) is 78.4 Å². The van der Waals surface area contributed by atoms with Crippen molar-refractivity contribution in [2.24, 2.45) is 5.41 Å². The van der Waals surface area contributed by atoms with Crippen molar-refractivity contribution in [3.05, 3.63) is 29.6 Å². The molecule has 3 N–H and O–H groups in total. The second-order valence-corrected chi connectivity index (χ2v) is 6.27. The van der Waals surface area contributed by atoms with Crippen LogP contribution in [0.4, 0.5) is 10.1 Å². The standard InChI is InChI=1S/C16H23FN2O3/c1-10(20)8-16(3,4)9-18-14(21)15(22)19-13-7-5-6-12(17)11(13)2/h5-7,10,20H,8-9H2,1-4H3,(H,18,21)(H,19,22). The number of hydrogen-bond acceptors (Lipinski definition) is 3. The van der Waals surface area contributed by atoms with Crippen molar-refractivity contribution < 1.29 is 19.1 Å². The monoisotopic (exact) mass is 310 g/mol. The first-order chi connectivity index (χ1) is 10.1. The molecule has 0 radical (unpaired) electrons. The number of amides is 2. The van der Waals surface area contributed by atoms with E-state index in [1.807, 2.05) is 13.8 Å². The minimum atomic E-state index is -0.846. The molecule has 0 aliphatic rings. The summed E-state index contributed by atoms with van der Waals surface area (Å²) in [5.74, 6) is -2.08. The van der Waals surface area contributed by atoms with Gasteiger partial charge in [0.25, 0.3) is 0 Å². The molecule has 1 unspecified atom stereocenters. The molecule has 0 fully saturated rings. The maximum absolute atomic E-state index is 13.4. The van der Waals surface area contributed by atoms with Crippen LogP contribution in [0.25, 0.3) is 0 Å². The quantitative estimate of drug-likeness (QED) is 0.728. The normalized spacial score (nSPS) is 12.6. The predicted molar refractivity (Wildman–Crippen MR) is 82.9 cm³/mol. The summed E-state index contributed by atoms with van der Waals surface area (Å²) in [7, 11) is 0. The number of halogens is 1. The van der Waals surface area contributed by atoms with Gasteiger partial charge in [-0.2, -0.15) is 0 Å². The number of carbonyl (C=O) groups excluding carboxylic acids is 2. The lowest BCUT2D eigenvalue weighted by molar-refractivity contribution is -0.136. The molecule has 0 spiro atoms. The highest BCUT2D eigenvalue weighted by Crippen LogP contribution is 2.21. The van der Waals surface area contributed by atoms with Gasteiger partial charge in [0.05, 0.1) is 6.10 Å². The Balaban J connectivity index is 2.59. The number of hydrogen-bond donors (Lipinski definition) is 3. The number of carbonyl (C=O) groups is 2. The summed E-state index contributed by atoms with van der Waals surface area (Å²) in [5.41, 5.74) is 0.209. The lowest BCUT2D eigenvalue weighted by atomic mass is 9.87. The van der Waals surface area contributed by atoms with E-state index in [9.17, 15) is 19.1 Å². The molecule has 0 aliphatic heterocycles. The van der Waals surface area contributed by atoms with Crippen LogP contribution >= 0.6 is 0 Å². The van der Waals surface area contributed by atoms with Crippen molar-refractivity contribution in [1.29, 1.82) is 0 Å². The summed E-state index contributed by atoms with van der Waals surface area (Å²) in [4.78, 5) is 23.6. The minimum absolute atomic E-state index is 0.256. The molecule has 1 aromatic carbocycles. The van der Waals surface area contributed by atoms with Gasteiger partial charge in [-0.1, -0.05) is 19.9 Å².